The molecule has 0 amide bonds. The lowest BCUT2D eigenvalue weighted by atomic mass is 9.95. The Morgan fingerprint density at radius 3 is 1.04 bits per heavy atom. The second-order valence-corrected chi connectivity index (χ2v) is 28.9. The monoisotopic (exact) mass is 1650 g/mol. The molecule has 21 saturated heterocycles. The molecular formula is C65H103N7O40S. The third kappa shape index (κ3) is 20.8. The molecular weight excluding hydrogens is 1550 g/mol. The number of fused-ring (bicyclic) bond motifs is 1. The number of aliphatic hydroxyl groups is 21. The maximum Gasteiger partial charge on any atom is 0.320 e. The Labute approximate surface area is 644 Å². The Bertz CT molecular complexity index is 3170. The summed E-state index contributed by atoms with van der Waals surface area (Å²) in [5.41, 5.74) is 19.5. The van der Waals surface area contributed by atoms with Crippen molar-refractivity contribution < 1.29 is 197 Å². The van der Waals surface area contributed by atoms with Crippen molar-refractivity contribution in [3.8, 4) is 11.5 Å². The van der Waals surface area contributed by atoms with E-state index in [0.29, 0.717) is 24.5 Å². The number of carboxylic acid groups (broad SMARTS) is 1. The van der Waals surface area contributed by atoms with Crippen LogP contribution in [-0.2, 0) is 87.7 Å². The van der Waals surface area contributed by atoms with Crippen LogP contribution in [0.1, 0.15) is 29.7 Å². The van der Waals surface area contributed by atoms with E-state index < -0.39 is 284 Å². The van der Waals surface area contributed by atoms with Crippen molar-refractivity contribution in [1.29, 1.82) is 0 Å². The van der Waals surface area contributed by atoms with Gasteiger partial charge in [-0.1, -0.05) is 0 Å². The molecule has 0 aliphatic carbocycles. The number of carbonyl (C=O) groups is 1. The highest BCUT2D eigenvalue weighted by atomic mass is 32.2. The van der Waals surface area contributed by atoms with E-state index in [1.807, 2.05) is 32.0 Å². The van der Waals surface area contributed by atoms with E-state index in [4.69, 9.17) is 98.1 Å². The van der Waals surface area contributed by atoms with Crippen molar-refractivity contribution in [1.82, 2.24) is 15.0 Å². The first-order chi connectivity index (χ1) is 53.7. The Hall–Kier alpha value is -5.11. The number of rotatable bonds is 17. The Morgan fingerprint density at radius 1 is 0.487 bits per heavy atom. The molecule has 2 aromatic heterocycles. The molecule has 21 aliphatic heterocycles. The van der Waals surface area contributed by atoms with Crippen molar-refractivity contribution in [3.05, 3.63) is 41.2 Å². The number of carboxylic acids is 1. The smallest absolute Gasteiger partial charge is 0.320 e. The summed E-state index contributed by atoms with van der Waals surface area (Å²) in [6.45, 7) is -3.05. The van der Waals surface area contributed by atoms with E-state index in [9.17, 15) is 116 Å². The maximum absolute atomic E-state index is 12.7. The predicted octanol–water partition coefficient (Wildman–Crippen LogP) is -13.9. The summed E-state index contributed by atoms with van der Waals surface area (Å²) in [4.78, 5) is 25.8. The van der Waals surface area contributed by atoms with Crippen molar-refractivity contribution in [2.24, 2.45) is 22.2 Å². The van der Waals surface area contributed by atoms with Crippen LogP contribution in [0.5, 0.6) is 11.5 Å². The van der Waals surface area contributed by atoms with E-state index >= 15 is 0 Å². The van der Waals surface area contributed by atoms with E-state index in [1.165, 1.54) is 0 Å². The number of aliphatic imine (C=N–C) groups is 1. The van der Waals surface area contributed by atoms with Crippen LogP contribution in [0.3, 0.4) is 0 Å². The second kappa shape index (κ2) is 41.0. The normalized spacial score (nSPS) is 41.6. The molecule has 48 heteroatoms. The van der Waals surface area contributed by atoms with Gasteiger partial charge in [-0.3, -0.25) is 19.0 Å². The second-order valence-electron chi connectivity index (χ2n) is 27.5. The molecule has 113 heavy (non-hydrogen) atoms. The fourth-order valence-corrected chi connectivity index (χ4v) is 14.8. The zero-order valence-electron chi connectivity index (χ0n) is 61.0. The summed E-state index contributed by atoms with van der Waals surface area (Å²) in [7, 11) is 1.91. The third-order valence-corrected chi connectivity index (χ3v) is 21.1. The molecule has 0 saturated carbocycles. The molecule has 47 nitrogen and oxygen atoms in total. The fraction of sp³-hybridized carbons (Fsp3) is 0.785. The quantitative estimate of drug-likeness (QED) is 0.0339. The van der Waals surface area contributed by atoms with E-state index in [0.717, 1.165) is 39.4 Å². The van der Waals surface area contributed by atoms with Gasteiger partial charge in [0.1, 0.15) is 188 Å². The van der Waals surface area contributed by atoms with E-state index in [2.05, 4.69) is 19.9 Å². The number of aliphatic hydroxyl groups excluding tert-OH is 21. The van der Waals surface area contributed by atoms with E-state index in [-0.39, 0.29) is 11.7 Å². The van der Waals surface area contributed by atoms with Crippen LogP contribution < -0.4 is 26.7 Å². The average Bonchev–Trinajstić information content (AvgIpc) is 1.38. The SMILES string of the molecule is COc1ccc2nc(S(=O)Cc3ncc(C)c(OC)c3C)[nH]c2c1.NC(N)=NCCC[C@H](N)C(=O)O.OC[C@H]1O[C@@H]2O[C@H]3[C@H](O)[C@@H](O)[C@@H](O[C@H]4[C@H](O)[C@@H](O)[C@@H](O[C@H]5[C@H](O)[C@@H](O)[C@@H](O[C@H]6[C@H](O)[C@@H](O)[C@@H](O[C@H]7[C@H](O)[C@@H](O)[C@@H](O[C@H]8[C@H](O)[C@@H](O)[C@@H](O[C@H]1[C@H](O)[C@H]2O)O[C@@H]8CO)O[C@@H]7CO)O[C@@H]6CO)O[C@@H]5CO)O[C@@H]4CO)O[C@@H]3CO. The summed E-state index contributed by atoms with van der Waals surface area (Å²) in [6.07, 6.45) is -67.5. The van der Waals surface area contributed by atoms with Gasteiger partial charge in [0.2, 0.25) is 0 Å². The van der Waals surface area contributed by atoms with Crippen LogP contribution in [0.15, 0.2) is 34.5 Å². The number of nitrogens with zero attached hydrogens (tertiary/aromatic N) is 3. The molecule has 644 valence electrons. The molecule has 0 radical (unpaired) electrons. The first-order valence-corrected chi connectivity index (χ1v) is 37.0. The van der Waals surface area contributed by atoms with Gasteiger partial charge < -0.3 is 210 Å². The number of methoxy groups -OCH3 is 2. The molecule has 23 heterocycles. The number of guanidine groups is 1. The molecule has 3 aromatic rings. The average molecular weight is 1650 g/mol. The lowest BCUT2D eigenvalue weighted by Gasteiger charge is -2.50. The van der Waals surface area contributed by atoms with Gasteiger partial charge in [-0.25, -0.2) is 4.98 Å². The first kappa shape index (κ1) is 91.8. The number of pyridine rings is 1. The minimum atomic E-state index is -2.21. The van der Waals surface area contributed by atoms with Crippen molar-refractivity contribution in [2.45, 2.75) is 259 Å². The number of aliphatic carboxylic acids is 1. The lowest BCUT2D eigenvalue weighted by Crippen LogP contribution is -2.68. The zero-order valence-corrected chi connectivity index (χ0v) is 61.9. The van der Waals surface area contributed by atoms with Crippen LogP contribution in [0.4, 0.5) is 0 Å². The van der Waals surface area contributed by atoms with Crippen LogP contribution in [0, 0.1) is 13.8 Å². The minimum Gasteiger partial charge on any atom is -0.497 e. The number of H-pyrrole nitrogens is 1. The molecule has 37 atom stereocenters. The van der Waals surface area contributed by atoms with Gasteiger partial charge in [0.15, 0.2) is 55.1 Å². The summed E-state index contributed by atoms with van der Waals surface area (Å²) < 4.78 is 103. The highest BCUT2D eigenvalue weighted by molar-refractivity contribution is 7.84. The van der Waals surface area contributed by atoms with E-state index in [1.54, 1.807) is 20.4 Å². The summed E-state index contributed by atoms with van der Waals surface area (Å²) in [5.74, 6) is 0.800. The fourth-order valence-electron chi connectivity index (χ4n) is 13.7. The highest BCUT2D eigenvalue weighted by Gasteiger charge is 2.60. The molecule has 1 aromatic carbocycles. The van der Waals surface area contributed by atoms with Gasteiger partial charge in [-0.15, -0.1) is 0 Å². The van der Waals surface area contributed by atoms with Crippen molar-refractivity contribution >= 4 is 33.8 Å². The Morgan fingerprint density at radius 2 is 0.788 bits per heavy atom. The number of hydrogen-bond donors (Lipinski definition) is 26. The molecule has 29 N–H and O–H groups in total. The first-order valence-electron chi connectivity index (χ1n) is 35.6. The number of aryl methyl sites for hydroxylation is 1. The summed E-state index contributed by atoms with van der Waals surface area (Å²) in [5, 5.41) is 239. The van der Waals surface area contributed by atoms with Gasteiger partial charge in [-0.2, -0.15) is 0 Å². The van der Waals surface area contributed by atoms with Gasteiger partial charge in [0, 0.05) is 29.9 Å². The predicted molar refractivity (Wildman–Crippen MR) is 367 cm³/mol. The van der Waals surface area contributed by atoms with Crippen LogP contribution in [-0.4, -0.2) is 431 Å². The maximum atomic E-state index is 12.7. The summed E-state index contributed by atoms with van der Waals surface area (Å²) in [6, 6.07) is 4.68. The van der Waals surface area contributed by atoms with Crippen LogP contribution in [0.2, 0.25) is 0 Å². The number of nitrogens with two attached hydrogens (primary N) is 3. The number of hydrogen-bond acceptors (Lipinski definition) is 43. The molecule has 1 unspecified atom stereocenters. The highest BCUT2D eigenvalue weighted by Crippen LogP contribution is 2.40. The molecule has 0 spiro atoms. The number of benzene rings is 1. The number of ether oxygens (including phenoxy) is 16. The number of imidazole rings is 1. The van der Waals surface area contributed by atoms with Crippen LogP contribution >= 0.6 is 0 Å². The van der Waals surface area contributed by atoms with Gasteiger partial charge in [0.05, 0.1) is 93.7 Å². The molecule has 21 fully saturated rings. The van der Waals surface area contributed by atoms with Crippen LogP contribution in [0.25, 0.3) is 11.0 Å². The Balaban J connectivity index is 0.000000331. The topological polar surface area (TPSA) is 759 Å². The zero-order chi connectivity index (χ0) is 82.9. The van der Waals surface area contributed by atoms with Gasteiger partial charge in [0.25, 0.3) is 0 Å². The Kier molecular flexibility index (Phi) is 33.3. The molecule has 21 aliphatic rings. The van der Waals surface area contributed by atoms with Crippen molar-refractivity contribution in [2.75, 3.05) is 67.0 Å². The lowest BCUT2D eigenvalue weighted by molar-refractivity contribution is -0.396. The van der Waals surface area contributed by atoms with Gasteiger partial charge >= 0.3 is 5.97 Å². The number of nitrogens with one attached hydrogen (secondary N) is 1. The van der Waals surface area contributed by atoms with Gasteiger partial charge in [-0.05, 0) is 38.8 Å². The molecule has 24 rings (SSSR count). The van der Waals surface area contributed by atoms with Crippen molar-refractivity contribution in [3.63, 3.8) is 0 Å². The summed E-state index contributed by atoms with van der Waals surface area (Å²) >= 11 is 0. The standard InChI is InChI=1S/C42H70O35.C17H19N3O3S.C6H14N4O2/c43-1-8-29-15(50)22(57)36(64-8)72-30-9(2-44)66-38(24(59)17(30)52)74-32-11(4-46)68-40(26(61)19(32)54)76-34-13(6-48)70-42(28(63)21(34)56)77-35-14(7-49)69-41(27(62)20(35)55)75-33-12(5-47)67-39(25(60)18(33)53)73-31-10(3-45)65-37(71-29)23(58)16(31)51;1-10-8-18-15(11(2)16(10)23-4)9-24(21)17-19-13-6-5-12(22-3)7-14(13)20-17;7-4(5(11)12)2-1-3-10-6(8)9/h8-63H,1-7H2;5-8H,9H2,1-4H3,(H,19,20);4H,1-3,7H2,(H,11,12)(H4,8,9,10)/t8-,9-,10-,11-,12-,13-,14-,15-,16-,17-,18-,19-,20-,21-,22-,23-,24-,25-,26-,27-,28-,29-,30-,31-,32-,33-,34-,35-,36-,37-,38-,39-,40-,41-,42-;;4-/m1.0/s1. The third-order valence-electron chi connectivity index (χ3n) is 20.0. The minimum absolute atomic E-state index is 0.0129. The largest absolute Gasteiger partial charge is 0.497 e. The molecule has 14 bridgehead atoms. The number of aromatic nitrogens is 3. The number of aromatic amines is 1.